The van der Waals surface area contributed by atoms with E-state index in [0.29, 0.717) is 12.5 Å². The number of ether oxygens (including phenoxy) is 2. The average Bonchev–Trinajstić information content (AvgIpc) is 3.33. The van der Waals surface area contributed by atoms with Gasteiger partial charge in [-0.3, -0.25) is 0 Å². The predicted molar refractivity (Wildman–Crippen MR) is 113 cm³/mol. The van der Waals surface area contributed by atoms with E-state index < -0.39 is 0 Å². The number of nitrogens with one attached hydrogen (secondary N) is 1. The lowest BCUT2D eigenvalue weighted by Gasteiger charge is -2.22. The van der Waals surface area contributed by atoms with E-state index in [0.717, 1.165) is 62.4 Å². The van der Waals surface area contributed by atoms with E-state index in [4.69, 9.17) is 14.5 Å². The van der Waals surface area contributed by atoms with Crippen molar-refractivity contribution in [3.8, 4) is 5.75 Å². The number of benzene rings is 1. The van der Waals surface area contributed by atoms with Crippen LogP contribution in [0.3, 0.4) is 0 Å². The summed E-state index contributed by atoms with van der Waals surface area (Å²) in [5, 5.41) is 11.9. The molecule has 3 rings (SSSR count). The Hall–Kier alpha value is -2.61. The minimum absolute atomic E-state index is 0.508. The fraction of sp³-hybridized carbons (Fsp3) is 0.571. The number of methoxy groups -OCH3 is 2. The van der Waals surface area contributed by atoms with E-state index in [2.05, 4.69) is 32.5 Å². The lowest BCUT2D eigenvalue weighted by molar-refractivity contribution is 0.157. The second kappa shape index (κ2) is 10.2. The number of likely N-dealkylation sites (tertiary alicyclic amines) is 1. The molecule has 1 saturated heterocycles. The van der Waals surface area contributed by atoms with Crippen molar-refractivity contribution < 1.29 is 9.47 Å². The second-order valence-electron chi connectivity index (χ2n) is 7.44. The van der Waals surface area contributed by atoms with Crippen LogP contribution in [0.2, 0.25) is 0 Å². The average molecular weight is 401 g/mol. The number of aromatic nitrogens is 3. The largest absolute Gasteiger partial charge is 0.497 e. The number of hydrogen-bond acceptors (Lipinski definition) is 5. The molecule has 0 amide bonds. The van der Waals surface area contributed by atoms with Crippen molar-refractivity contribution in [1.82, 2.24) is 25.0 Å². The van der Waals surface area contributed by atoms with Crippen LogP contribution in [0.1, 0.15) is 23.6 Å². The molecule has 29 heavy (non-hydrogen) atoms. The molecule has 0 saturated carbocycles. The fourth-order valence-electron chi connectivity index (χ4n) is 3.51. The van der Waals surface area contributed by atoms with E-state index in [1.54, 1.807) is 14.2 Å². The molecule has 0 spiro atoms. The van der Waals surface area contributed by atoms with Crippen LogP contribution in [0.15, 0.2) is 29.3 Å². The van der Waals surface area contributed by atoms with Crippen LogP contribution >= 0.6 is 0 Å². The molecule has 0 radical (unpaired) electrons. The highest BCUT2D eigenvalue weighted by molar-refractivity contribution is 5.80. The summed E-state index contributed by atoms with van der Waals surface area (Å²) in [6.45, 7) is 6.00. The lowest BCUT2D eigenvalue weighted by Crippen LogP contribution is -2.41. The molecule has 1 aliphatic rings. The van der Waals surface area contributed by atoms with Crippen LogP contribution in [-0.2, 0) is 24.8 Å². The number of hydrogen-bond donors (Lipinski definition) is 1. The van der Waals surface area contributed by atoms with Gasteiger partial charge in [-0.2, -0.15) is 0 Å². The van der Waals surface area contributed by atoms with Crippen molar-refractivity contribution in [3.63, 3.8) is 0 Å². The van der Waals surface area contributed by atoms with E-state index in [-0.39, 0.29) is 0 Å². The van der Waals surface area contributed by atoms with Crippen LogP contribution in [0.5, 0.6) is 5.75 Å². The standard InChI is InChI=1S/C21H32N6O2/c1-16-24-25-20(26(16)2)13-23-21(27-12-10-18(14-27)15-28-3)22-11-9-17-5-7-19(29-4)8-6-17/h5-8,18H,9-15H2,1-4H3,(H,22,23). The third-order valence-corrected chi connectivity index (χ3v) is 5.40. The molecule has 1 atom stereocenters. The Morgan fingerprint density at radius 1 is 1.24 bits per heavy atom. The first kappa shape index (κ1) is 21.1. The molecule has 1 aromatic heterocycles. The molecular weight excluding hydrogens is 368 g/mol. The normalized spacial score (nSPS) is 17.0. The number of guanidine groups is 1. The second-order valence-corrected chi connectivity index (χ2v) is 7.44. The van der Waals surface area contributed by atoms with Gasteiger partial charge in [0.1, 0.15) is 18.1 Å². The van der Waals surface area contributed by atoms with Gasteiger partial charge in [-0.25, -0.2) is 4.99 Å². The topological polar surface area (TPSA) is 76.8 Å². The van der Waals surface area contributed by atoms with Gasteiger partial charge < -0.3 is 24.3 Å². The zero-order valence-corrected chi connectivity index (χ0v) is 17.9. The van der Waals surface area contributed by atoms with Crippen molar-refractivity contribution in [3.05, 3.63) is 41.5 Å². The summed E-state index contributed by atoms with van der Waals surface area (Å²) in [6, 6.07) is 8.20. The van der Waals surface area contributed by atoms with Crippen molar-refractivity contribution in [2.24, 2.45) is 18.0 Å². The fourth-order valence-corrected chi connectivity index (χ4v) is 3.51. The van der Waals surface area contributed by atoms with Gasteiger partial charge in [0.25, 0.3) is 0 Å². The monoisotopic (exact) mass is 400 g/mol. The highest BCUT2D eigenvalue weighted by Crippen LogP contribution is 2.17. The third kappa shape index (κ3) is 5.69. The Morgan fingerprint density at radius 3 is 2.69 bits per heavy atom. The van der Waals surface area contributed by atoms with Crippen LogP contribution < -0.4 is 10.1 Å². The maximum Gasteiger partial charge on any atom is 0.194 e. The van der Waals surface area contributed by atoms with Gasteiger partial charge in [0.15, 0.2) is 11.8 Å². The molecule has 8 nitrogen and oxygen atoms in total. The quantitative estimate of drug-likeness (QED) is 0.538. The molecule has 0 aliphatic carbocycles. The minimum atomic E-state index is 0.508. The Bertz CT molecular complexity index is 802. The van der Waals surface area contributed by atoms with Gasteiger partial charge in [-0.1, -0.05) is 12.1 Å². The van der Waals surface area contributed by atoms with E-state index in [9.17, 15) is 0 Å². The van der Waals surface area contributed by atoms with E-state index in [1.165, 1.54) is 5.56 Å². The minimum Gasteiger partial charge on any atom is -0.497 e. The van der Waals surface area contributed by atoms with Gasteiger partial charge >= 0.3 is 0 Å². The summed E-state index contributed by atoms with van der Waals surface area (Å²) in [5.74, 6) is 4.11. The van der Waals surface area contributed by atoms with Gasteiger partial charge in [0.05, 0.1) is 13.7 Å². The first-order valence-electron chi connectivity index (χ1n) is 10.1. The molecule has 8 heteroatoms. The van der Waals surface area contributed by atoms with Gasteiger partial charge in [-0.15, -0.1) is 10.2 Å². The lowest BCUT2D eigenvalue weighted by atomic mass is 10.1. The summed E-state index contributed by atoms with van der Waals surface area (Å²) in [4.78, 5) is 7.17. The van der Waals surface area contributed by atoms with Gasteiger partial charge in [0, 0.05) is 39.7 Å². The highest BCUT2D eigenvalue weighted by atomic mass is 16.5. The molecule has 1 aromatic carbocycles. The Balaban J connectivity index is 1.63. The molecule has 1 aliphatic heterocycles. The summed E-state index contributed by atoms with van der Waals surface area (Å²) in [6.07, 6.45) is 2.04. The molecule has 2 heterocycles. The number of rotatable bonds is 8. The SMILES string of the molecule is COCC1CCN(C(=NCc2nnc(C)n2C)NCCc2ccc(OC)cc2)C1. The Morgan fingerprint density at radius 2 is 2.03 bits per heavy atom. The summed E-state index contributed by atoms with van der Waals surface area (Å²) < 4.78 is 12.6. The number of nitrogens with zero attached hydrogens (tertiary/aromatic N) is 5. The zero-order valence-electron chi connectivity index (χ0n) is 17.9. The summed E-state index contributed by atoms with van der Waals surface area (Å²) in [5.41, 5.74) is 1.26. The van der Waals surface area contributed by atoms with Gasteiger partial charge in [-0.05, 0) is 37.5 Å². The third-order valence-electron chi connectivity index (χ3n) is 5.40. The molecular formula is C21H32N6O2. The Kier molecular flexibility index (Phi) is 7.46. The van der Waals surface area contributed by atoms with E-state index in [1.807, 2.05) is 30.7 Å². The first-order valence-corrected chi connectivity index (χ1v) is 10.1. The van der Waals surface area contributed by atoms with E-state index >= 15 is 0 Å². The predicted octanol–water partition coefficient (Wildman–Crippen LogP) is 1.79. The van der Waals surface area contributed by atoms with Crippen LogP contribution in [0.25, 0.3) is 0 Å². The first-order chi connectivity index (χ1) is 14.1. The van der Waals surface area contributed by atoms with Crippen LogP contribution in [0, 0.1) is 12.8 Å². The maximum atomic E-state index is 5.34. The zero-order chi connectivity index (χ0) is 20.6. The molecule has 1 N–H and O–H groups in total. The highest BCUT2D eigenvalue weighted by Gasteiger charge is 2.25. The van der Waals surface area contributed by atoms with Crippen molar-refractivity contribution in [1.29, 1.82) is 0 Å². The molecule has 2 aromatic rings. The van der Waals surface area contributed by atoms with Crippen molar-refractivity contribution in [2.75, 3.05) is 40.5 Å². The molecule has 1 fully saturated rings. The smallest absolute Gasteiger partial charge is 0.194 e. The molecule has 158 valence electrons. The van der Waals surface area contributed by atoms with Crippen molar-refractivity contribution >= 4 is 5.96 Å². The van der Waals surface area contributed by atoms with Crippen molar-refractivity contribution in [2.45, 2.75) is 26.3 Å². The van der Waals surface area contributed by atoms with Crippen LogP contribution in [0.4, 0.5) is 0 Å². The Labute approximate surface area is 172 Å². The number of aryl methyl sites for hydroxylation is 1. The summed E-state index contributed by atoms with van der Waals surface area (Å²) in [7, 11) is 5.42. The summed E-state index contributed by atoms with van der Waals surface area (Å²) >= 11 is 0. The molecule has 0 bridgehead atoms. The molecule has 1 unspecified atom stereocenters. The number of aliphatic imine (C=N–C) groups is 1. The van der Waals surface area contributed by atoms with Crippen LogP contribution in [-0.4, -0.2) is 66.1 Å². The van der Waals surface area contributed by atoms with Gasteiger partial charge in [0.2, 0.25) is 0 Å². The maximum absolute atomic E-state index is 5.34.